The van der Waals surface area contributed by atoms with Crippen molar-refractivity contribution in [2.45, 2.75) is 20.0 Å². The summed E-state index contributed by atoms with van der Waals surface area (Å²) in [5.74, 6) is -0.350. The third kappa shape index (κ3) is 5.18. The molecule has 21 heavy (non-hydrogen) atoms. The Morgan fingerprint density at radius 2 is 2.10 bits per heavy atom. The zero-order valence-electron chi connectivity index (χ0n) is 12.1. The van der Waals surface area contributed by atoms with Gasteiger partial charge in [-0.2, -0.15) is 8.78 Å². The number of carbonyl (C=O) groups excluding carboxylic acids is 1. The van der Waals surface area contributed by atoms with Crippen LogP contribution in [-0.2, 0) is 11.2 Å². The van der Waals surface area contributed by atoms with Crippen LogP contribution in [0.1, 0.15) is 12.5 Å². The second-order valence-corrected chi connectivity index (χ2v) is 4.34. The number of nitrogens with one attached hydrogen (secondary N) is 1. The molecule has 1 unspecified atom stereocenters. The maximum atomic E-state index is 12.3. The van der Waals surface area contributed by atoms with Crippen molar-refractivity contribution in [2.75, 3.05) is 20.2 Å². The highest BCUT2D eigenvalue weighted by molar-refractivity contribution is 5.78. The van der Waals surface area contributed by atoms with Gasteiger partial charge in [-0.3, -0.25) is 4.79 Å². The molecule has 3 N–H and O–H groups in total. The van der Waals surface area contributed by atoms with Crippen molar-refractivity contribution in [1.29, 1.82) is 0 Å². The monoisotopic (exact) mass is 302 g/mol. The summed E-state index contributed by atoms with van der Waals surface area (Å²) in [5, 5.41) is 2.54. The topological polar surface area (TPSA) is 73.6 Å². The molecular formula is C14H20F2N2O3. The first-order valence-corrected chi connectivity index (χ1v) is 6.64. The van der Waals surface area contributed by atoms with Gasteiger partial charge >= 0.3 is 6.61 Å². The van der Waals surface area contributed by atoms with Crippen LogP contribution < -0.4 is 20.5 Å². The van der Waals surface area contributed by atoms with Gasteiger partial charge in [-0.05, 0) is 31.0 Å². The van der Waals surface area contributed by atoms with Gasteiger partial charge in [-0.15, -0.1) is 0 Å². The molecule has 118 valence electrons. The molecule has 0 saturated carbocycles. The molecule has 0 aliphatic rings. The number of halogens is 2. The highest BCUT2D eigenvalue weighted by Crippen LogP contribution is 2.30. The van der Waals surface area contributed by atoms with Crippen molar-refractivity contribution >= 4 is 5.91 Å². The number of hydrogen-bond donors (Lipinski definition) is 2. The molecule has 0 fully saturated rings. The molecule has 5 nitrogen and oxygen atoms in total. The van der Waals surface area contributed by atoms with Gasteiger partial charge in [-0.1, -0.05) is 6.07 Å². The van der Waals surface area contributed by atoms with E-state index in [1.54, 1.807) is 19.1 Å². The first-order chi connectivity index (χ1) is 10.0. The standard InChI is InChI=1S/C14H20F2N2O3/c1-3-20-12-7-9(4-5-11(12)21-14(15)16)6-10(8-17)13(19)18-2/h4-5,7,10,14H,3,6,8,17H2,1-2H3,(H,18,19). The lowest BCUT2D eigenvalue weighted by atomic mass is 9.98. The molecule has 0 radical (unpaired) electrons. The van der Waals surface area contributed by atoms with Gasteiger partial charge < -0.3 is 20.5 Å². The van der Waals surface area contributed by atoms with E-state index in [-0.39, 0.29) is 29.9 Å². The Morgan fingerprint density at radius 1 is 1.38 bits per heavy atom. The first-order valence-electron chi connectivity index (χ1n) is 6.64. The fraction of sp³-hybridized carbons (Fsp3) is 0.500. The number of alkyl halides is 2. The van der Waals surface area contributed by atoms with E-state index in [1.165, 1.54) is 13.1 Å². The van der Waals surface area contributed by atoms with Crippen LogP contribution in [0, 0.1) is 5.92 Å². The molecule has 0 saturated heterocycles. The summed E-state index contributed by atoms with van der Waals surface area (Å²) < 4.78 is 34.3. The number of rotatable bonds is 8. The second kappa shape index (κ2) is 8.41. The first kappa shape index (κ1) is 17.2. The molecule has 0 aliphatic heterocycles. The molecule has 0 spiro atoms. The number of benzene rings is 1. The molecule has 0 heterocycles. The Kier molecular flexibility index (Phi) is 6.87. The highest BCUT2D eigenvalue weighted by atomic mass is 19.3. The highest BCUT2D eigenvalue weighted by Gasteiger charge is 2.18. The van der Waals surface area contributed by atoms with Crippen molar-refractivity contribution in [3.8, 4) is 11.5 Å². The number of amides is 1. The lowest BCUT2D eigenvalue weighted by molar-refractivity contribution is -0.124. The van der Waals surface area contributed by atoms with Gasteiger partial charge in [0.15, 0.2) is 11.5 Å². The van der Waals surface area contributed by atoms with Gasteiger partial charge in [0.1, 0.15) is 0 Å². The van der Waals surface area contributed by atoms with E-state index < -0.39 is 6.61 Å². The minimum Gasteiger partial charge on any atom is -0.490 e. The smallest absolute Gasteiger partial charge is 0.387 e. The fourth-order valence-corrected chi connectivity index (χ4v) is 1.91. The Morgan fingerprint density at radius 3 is 2.62 bits per heavy atom. The molecule has 1 aromatic carbocycles. The van der Waals surface area contributed by atoms with Crippen LogP contribution in [-0.4, -0.2) is 32.7 Å². The lowest BCUT2D eigenvalue weighted by Crippen LogP contribution is -2.34. The summed E-state index contributed by atoms with van der Waals surface area (Å²) >= 11 is 0. The van der Waals surface area contributed by atoms with Gasteiger partial charge in [-0.25, -0.2) is 0 Å². The van der Waals surface area contributed by atoms with E-state index in [1.807, 2.05) is 0 Å². The normalized spacial score (nSPS) is 12.1. The van der Waals surface area contributed by atoms with Crippen LogP contribution in [0.15, 0.2) is 18.2 Å². The molecule has 1 atom stereocenters. The minimum absolute atomic E-state index is 0.0279. The Hall–Kier alpha value is -1.89. The van der Waals surface area contributed by atoms with Crippen molar-refractivity contribution in [3.63, 3.8) is 0 Å². The third-order valence-electron chi connectivity index (χ3n) is 2.91. The SMILES string of the molecule is CCOc1cc(CC(CN)C(=O)NC)ccc1OC(F)F. The van der Waals surface area contributed by atoms with Gasteiger partial charge in [0.25, 0.3) is 0 Å². The number of nitrogens with two attached hydrogens (primary N) is 1. The fourth-order valence-electron chi connectivity index (χ4n) is 1.91. The molecule has 1 aromatic rings. The molecule has 0 aliphatic carbocycles. The van der Waals surface area contributed by atoms with Crippen molar-refractivity contribution in [2.24, 2.45) is 11.7 Å². The van der Waals surface area contributed by atoms with Crippen molar-refractivity contribution < 1.29 is 23.0 Å². The number of hydrogen-bond acceptors (Lipinski definition) is 4. The average molecular weight is 302 g/mol. The summed E-state index contributed by atoms with van der Waals surface area (Å²) in [4.78, 5) is 11.6. The predicted molar refractivity (Wildman–Crippen MR) is 74.6 cm³/mol. The molecule has 0 aromatic heterocycles. The lowest BCUT2D eigenvalue weighted by Gasteiger charge is -2.16. The van der Waals surface area contributed by atoms with Crippen LogP contribution in [0.25, 0.3) is 0 Å². The van der Waals surface area contributed by atoms with E-state index in [4.69, 9.17) is 10.5 Å². The number of carbonyl (C=O) groups is 1. The molecule has 7 heteroatoms. The van der Waals surface area contributed by atoms with E-state index >= 15 is 0 Å². The van der Waals surface area contributed by atoms with Crippen LogP contribution in [0.3, 0.4) is 0 Å². The van der Waals surface area contributed by atoms with E-state index in [0.717, 1.165) is 5.56 Å². The van der Waals surface area contributed by atoms with Gasteiger partial charge in [0, 0.05) is 13.6 Å². The summed E-state index contributed by atoms with van der Waals surface area (Å²) in [5.41, 5.74) is 6.34. The Labute approximate surface area is 122 Å². The van der Waals surface area contributed by atoms with Crippen LogP contribution >= 0.6 is 0 Å². The third-order valence-corrected chi connectivity index (χ3v) is 2.91. The zero-order valence-corrected chi connectivity index (χ0v) is 12.1. The Bertz CT molecular complexity index is 470. The predicted octanol–water partition coefficient (Wildman–Crippen LogP) is 1.55. The summed E-state index contributed by atoms with van der Waals surface area (Å²) in [6.45, 7) is -0.665. The minimum atomic E-state index is -2.92. The molecular weight excluding hydrogens is 282 g/mol. The second-order valence-electron chi connectivity index (χ2n) is 4.34. The largest absolute Gasteiger partial charge is 0.490 e. The van der Waals surface area contributed by atoms with Crippen LogP contribution in [0.5, 0.6) is 11.5 Å². The zero-order chi connectivity index (χ0) is 15.8. The summed E-state index contributed by atoms with van der Waals surface area (Å²) in [6, 6.07) is 4.61. The van der Waals surface area contributed by atoms with Crippen LogP contribution in [0.2, 0.25) is 0 Å². The van der Waals surface area contributed by atoms with Crippen molar-refractivity contribution in [1.82, 2.24) is 5.32 Å². The maximum Gasteiger partial charge on any atom is 0.387 e. The molecule has 1 rings (SSSR count). The summed E-state index contributed by atoms with van der Waals surface area (Å²) in [6.07, 6.45) is 0.394. The van der Waals surface area contributed by atoms with Gasteiger partial charge in [0.2, 0.25) is 5.91 Å². The Balaban J connectivity index is 2.93. The van der Waals surface area contributed by atoms with Gasteiger partial charge in [0.05, 0.1) is 12.5 Å². The number of ether oxygens (including phenoxy) is 2. The van der Waals surface area contributed by atoms with E-state index in [0.29, 0.717) is 13.0 Å². The van der Waals surface area contributed by atoms with Crippen LogP contribution in [0.4, 0.5) is 8.78 Å². The average Bonchev–Trinajstić information content (AvgIpc) is 2.46. The van der Waals surface area contributed by atoms with E-state index in [9.17, 15) is 13.6 Å². The summed E-state index contributed by atoms with van der Waals surface area (Å²) in [7, 11) is 1.54. The maximum absolute atomic E-state index is 12.3. The van der Waals surface area contributed by atoms with Crippen molar-refractivity contribution in [3.05, 3.63) is 23.8 Å². The van der Waals surface area contributed by atoms with E-state index in [2.05, 4.69) is 10.1 Å². The molecule has 1 amide bonds. The molecule has 0 bridgehead atoms. The quantitative estimate of drug-likeness (QED) is 0.764.